The van der Waals surface area contributed by atoms with Gasteiger partial charge in [-0.05, 0) is 38.3 Å². The van der Waals surface area contributed by atoms with Crippen LogP contribution in [0.4, 0.5) is 0 Å². The summed E-state index contributed by atoms with van der Waals surface area (Å²) in [6.07, 6.45) is 0. The Kier molecular flexibility index (Phi) is 2.78. The molecule has 0 saturated carbocycles. The molecule has 1 aromatic carbocycles. The van der Waals surface area contributed by atoms with Crippen LogP contribution in [0.1, 0.15) is 11.1 Å². The molecule has 0 N–H and O–H groups in total. The summed E-state index contributed by atoms with van der Waals surface area (Å²) in [5, 5.41) is 12.0. The largest absolute Gasteiger partial charge is 0.192 e. The summed E-state index contributed by atoms with van der Waals surface area (Å²) in [6.45, 7) is 0. The number of thiophene rings is 1. The van der Waals surface area contributed by atoms with E-state index in [1.165, 1.54) is 0 Å². The van der Waals surface area contributed by atoms with Gasteiger partial charge in [0.2, 0.25) is 0 Å². The Labute approximate surface area is 99.0 Å². The summed E-state index contributed by atoms with van der Waals surface area (Å²) in [5.41, 5.74) is 1.79. The third-order valence-electron chi connectivity index (χ3n) is 2.03. The van der Waals surface area contributed by atoms with E-state index < -0.39 is 0 Å². The van der Waals surface area contributed by atoms with Gasteiger partial charge < -0.3 is 0 Å². The molecule has 0 atom stereocenters. The van der Waals surface area contributed by atoms with Crippen molar-refractivity contribution in [2.45, 2.75) is 5.88 Å². The predicted octanol–water partition coefficient (Wildman–Crippen LogP) is 4.27. The van der Waals surface area contributed by atoms with E-state index in [2.05, 4.69) is 22.0 Å². The Hall–Kier alpha value is -0.560. The van der Waals surface area contributed by atoms with Crippen LogP contribution in [0, 0.1) is 11.3 Å². The van der Waals surface area contributed by atoms with Crippen LogP contribution < -0.4 is 0 Å². The van der Waals surface area contributed by atoms with E-state index in [1.807, 2.05) is 17.5 Å². The fourth-order valence-electron chi connectivity index (χ4n) is 1.31. The molecule has 0 fully saturated rings. The molecule has 4 heteroatoms. The molecule has 0 saturated heterocycles. The van der Waals surface area contributed by atoms with Crippen molar-refractivity contribution in [3.63, 3.8) is 0 Å². The van der Waals surface area contributed by atoms with Gasteiger partial charge >= 0.3 is 0 Å². The van der Waals surface area contributed by atoms with Gasteiger partial charge in [0.1, 0.15) is 6.07 Å². The Bertz CT molecular complexity index is 527. The lowest BCUT2D eigenvalue weighted by Crippen LogP contribution is -1.78. The number of alkyl halides is 1. The Morgan fingerprint density at radius 2 is 2.29 bits per heavy atom. The minimum atomic E-state index is 0.512. The van der Waals surface area contributed by atoms with Crippen molar-refractivity contribution in [3.8, 4) is 6.07 Å². The van der Waals surface area contributed by atoms with Crippen LogP contribution >= 0.6 is 38.9 Å². The molecule has 1 aromatic heterocycles. The SMILES string of the molecule is N#Cc1ccc2c(CCl)csc2c1Br. The minimum Gasteiger partial charge on any atom is -0.192 e. The molecule has 1 nitrogen and oxygen atoms in total. The topological polar surface area (TPSA) is 23.8 Å². The molecule has 2 rings (SSSR count). The van der Waals surface area contributed by atoms with E-state index in [0.29, 0.717) is 11.4 Å². The van der Waals surface area contributed by atoms with Gasteiger partial charge in [-0.15, -0.1) is 22.9 Å². The third-order valence-corrected chi connectivity index (χ3v) is 4.46. The molecule has 14 heavy (non-hydrogen) atoms. The quantitative estimate of drug-likeness (QED) is 0.718. The van der Waals surface area contributed by atoms with Gasteiger partial charge in [0.15, 0.2) is 0 Å². The fourth-order valence-corrected chi connectivity index (χ4v) is 3.34. The molecular formula is C10H5BrClNS. The van der Waals surface area contributed by atoms with Crippen molar-refractivity contribution < 1.29 is 0 Å². The normalized spacial score (nSPS) is 10.4. The standard InChI is InChI=1S/C10H5BrClNS/c11-9-6(4-13)1-2-8-7(3-12)5-14-10(8)9/h1-2,5H,3H2. The van der Waals surface area contributed by atoms with Crippen molar-refractivity contribution in [2.24, 2.45) is 0 Å². The van der Waals surface area contributed by atoms with Gasteiger partial charge in [0.25, 0.3) is 0 Å². The smallest absolute Gasteiger partial charge is 0.100 e. The summed E-state index contributed by atoms with van der Waals surface area (Å²) < 4.78 is 1.97. The first-order valence-corrected chi connectivity index (χ1v) is 6.13. The summed E-state index contributed by atoms with van der Waals surface area (Å²) in [6, 6.07) is 5.91. The highest BCUT2D eigenvalue weighted by Crippen LogP contribution is 2.35. The third kappa shape index (κ3) is 1.44. The van der Waals surface area contributed by atoms with Crippen molar-refractivity contribution in [2.75, 3.05) is 0 Å². The molecule has 0 bridgehead atoms. The van der Waals surface area contributed by atoms with Crippen molar-refractivity contribution >= 4 is 49.0 Å². The van der Waals surface area contributed by atoms with Crippen molar-refractivity contribution in [1.82, 2.24) is 0 Å². The first-order chi connectivity index (χ1) is 6.77. The van der Waals surface area contributed by atoms with E-state index in [1.54, 1.807) is 11.3 Å². The molecule has 0 aliphatic heterocycles. The van der Waals surface area contributed by atoms with Crippen molar-refractivity contribution in [3.05, 3.63) is 33.1 Å². The van der Waals surface area contributed by atoms with Gasteiger partial charge in [-0.25, -0.2) is 0 Å². The molecule has 2 aromatic rings. The van der Waals surface area contributed by atoms with Crippen LogP contribution in [0.5, 0.6) is 0 Å². The number of fused-ring (bicyclic) bond motifs is 1. The molecule has 0 unspecified atom stereocenters. The van der Waals surface area contributed by atoms with E-state index >= 15 is 0 Å². The summed E-state index contributed by atoms with van der Waals surface area (Å²) in [4.78, 5) is 0. The van der Waals surface area contributed by atoms with E-state index in [0.717, 1.165) is 20.1 Å². The second-order valence-corrected chi connectivity index (χ2v) is 4.75. The molecule has 0 amide bonds. The first kappa shape index (κ1) is 9.97. The van der Waals surface area contributed by atoms with Gasteiger partial charge in [0, 0.05) is 5.88 Å². The van der Waals surface area contributed by atoms with E-state index in [9.17, 15) is 0 Å². The number of nitrogens with zero attached hydrogens (tertiary/aromatic N) is 1. The van der Waals surface area contributed by atoms with Crippen molar-refractivity contribution in [1.29, 1.82) is 5.26 Å². The van der Waals surface area contributed by atoms with Crippen LogP contribution in [-0.2, 0) is 5.88 Å². The number of nitriles is 1. The van der Waals surface area contributed by atoms with Gasteiger partial charge in [-0.1, -0.05) is 6.07 Å². The lowest BCUT2D eigenvalue weighted by Gasteiger charge is -1.97. The highest BCUT2D eigenvalue weighted by molar-refractivity contribution is 9.10. The highest BCUT2D eigenvalue weighted by Gasteiger charge is 2.09. The lowest BCUT2D eigenvalue weighted by atomic mass is 10.1. The van der Waals surface area contributed by atoms with Gasteiger partial charge in [-0.3, -0.25) is 0 Å². The van der Waals surface area contributed by atoms with Crippen LogP contribution in [0.3, 0.4) is 0 Å². The molecule has 0 aliphatic rings. The average Bonchev–Trinajstić information content (AvgIpc) is 2.62. The Balaban J connectivity index is 2.80. The predicted molar refractivity (Wildman–Crippen MR) is 63.8 cm³/mol. The van der Waals surface area contributed by atoms with Crippen LogP contribution in [-0.4, -0.2) is 0 Å². The van der Waals surface area contributed by atoms with E-state index in [-0.39, 0.29) is 0 Å². The minimum absolute atomic E-state index is 0.512. The molecule has 1 heterocycles. The maximum Gasteiger partial charge on any atom is 0.100 e. The number of hydrogen-bond donors (Lipinski definition) is 0. The fraction of sp³-hybridized carbons (Fsp3) is 0.100. The maximum atomic E-state index is 8.84. The zero-order valence-electron chi connectivity index (χ0n) is 7.05. The van der Waals surface area contributed by atoms with E-state index in [4.69, 9.17) is 16.9 Å². The van der Waals surface area contributed by atoms with Crippen LogP contribution in [0.25, 0.3) is 10.1 Å². The van der Waals surface area contributed by atoms with Crippen LogP contribution in [0.15, 0.2) is 22.0 Å². The molecule has 70 valence electrons. The van der Waals surface area contributed by atoms with Crippen LogP contribution in [0.2, 0.25) is 0 Å². The summed E-state index contributed by atoms with van der Waals surface area (Å²) in [5.74, 6) is 0.512. The molecule has 0 spiro atoms. The number of hydrogen-bond acceptors (Lipinski definition) is 2. The highest BCUT2D eigenvalue weighted by atomic mass is 79.9. The Morgan fingerprint density at radius 3 is 2.93 bits per heavy atom. The molecule has 0 aliphatic carbocycles. The number of rotatable bonds is 1. The lowest BCUT2D eigenvalue weighted by molar-refractivity contribution is 1.47. The zero-order valence-corrected chi connectivity index (χ0v) is 10.2. The number of benzene rings is 1. The molecular weight excluding hydrogens is 282 g/mol. The second kappa shape index (κ2) is 3.90. The van der Waals surface area contributed by atoms with Gasteiger partial charge in [0.05, 0.1) is 14.7 Å². The summed E-state index contributed by atoms with van der Waals surface area (Å²) >= 11 is 10.8. The zero-order chi connectivity index (χ0) is 10.1. The second-order valence-electron chi connectivity index (χ2n) is 2.81. The average molecular weight is 287 g/mol. The first-order valence-electron chi connectivity index (χ1n) is 3.92. The molecule has 0 radical (unpaired) electrons. The monoisotopic (exact) mass is 285 g/mol. The maximum absolute atomic E-state index is 8.84. The summed E-state index contributed by atoms with van der Waals surface area (Å²) in [7, 11) is 0. The number of halogens is 2. The van der Waals surface area contributed by atoms with Gasteiger partial charge in [-0.2, -0.15) is 5.26 Å². The Morgan fingerprint density at radius 1 is 1.50 bits per heavy atom.